The van der Waals surface area contributed by atoms with Crippen LogP contribution in [-0.2, 0) is 7.05 Å². The van der Waals surface area contributed by atoms with Crippen LogP contribution < -0.4 is 0 Å². The van der Waals surface area contributed by atoms with Gasteiger partial charge in [-0.3, -0.25) is 14.9 Å². The number of piperidine rings is 1. The minimum absolute atomic E-state index is 0.0384. The van der Waals surface area contributed by atoms with Crippen LogP contribution in [0.15, 0.2) is 42.9 Å². The zero-order chi connectivity index (χ0) is 20.7. The van der Waals surface area contributed by atoms with Crippen molar-refractivity contribution in [1.82, 2.24) is 34.6 Å². The van der Waals surface area contributed by atoms with Crippen molar-refractivity contribution in [2.75, 3.05) is 13.1 Å². The molecule has 0 spiro atoms. The van der Waals surface area contributed by atoms with E-state index in [2.05, 4.69) is 20.2 Å². The highest BCUT2D eigenvalue weighted by Crippen LogP contribution is 2.28. The summed E-state index contributed by atoms with van der Waals surface area (Å²) in [7, 11) is 1.97. The molecule has 1 saturated heterocycles. The van der Waals surface area contributed by atoms with Gasteiger partial charge in [0.25, 0.3) is 5.91 Å². The molecule has 1 N–H and O–H groups in total. The van der Waals surface area contributed by atoms with E-state index in [9.17, 15) is 4.79 Å². The number of nitrogens with zero attached hydrogens (tertiary/aromatic N) is 6. The predicted molar refractivity (Wildman–Crippen MR) is 113 cm³/mol. The van der Waals surface area contributed by atoms with E-state index in [-0.39, 0.29) is 11.8 Å². The molecular formula is C22H23N7O. The van der Waals surface area contributed by atoms with Gasteiger partial charge < -0.3 is 9.47 Å². The Labute approximate surface area is 174 Å². The summed E-state index contributed by atoms with van der Waals surface area (Å²) in [4.78, 5) is 28.7. The fraction of sp³-hybridized carbons (Fsp3) is 0.318. The molecular weight excluding hydrogens is 378 g/mol. The monoisotopic (exact) mass is 401 g/mol. The molecule has 1 aliphatic heterocycles. The number of benzene rings is 1. The summed E-state index contributed by atoms with van der Waals surface area (Å²) in [5.41, 5.74) is 4.01. The number of fused-ring (bicyclic) bond motifs is 1. The molecule has 3 aromatic heterocycles. The number of hydrogen-bond acceptors (Lipinski definition) is 5. The Morgan fingerprint density at radius 1 is 1.20 bits per heavy atom. The number of aromatic amines is 1. The van der Waals surface area contributed by atoms with E-state index in [1.807, 2.05) is 60.1 Å². The highest BCUT2D eigenvalue weighted by Gasteiger charge is 2.29. The number of imidazole rings is 1. The van der Waals surface area contributed by atoms with Crippen molar-refractivity contribution in [3.8, 4) is 11.4 Å². The number of likely N-dealkylation sites (tertiary alicyclic amines) is 1. The number of carbonyl (C=O) groups is 1. The number of hydrogen-bond donors (Lipinski definition) is 1. The SMILES string of the molecule is Cc1ncc(-c2cncc([C@@H]3CCCN(C(=O)c4n[nH]c5ccccc45)C3)n2)n1C. The third kappa shape index (κ3) is 3.14. The van der Waals surface area contributed by atoms with Crippen molar-refractivity contribution in [2.24, 2.45) is 7.05 Å². The number of para-hydroxylation sites is 1. The Morgan fingerprint density at radius 3 is 2.90 bits per heavy atom. The lowest BCUT2D eigenvalue weighted by Crippen LogP contribution is -2.39. The zero-order valence-electron chi connectivity index (χ0n) is 17.0. The molecule has 1 fully saturated rings. The third-order valence-corrected chi connectivity index (χ3v) is 5.94. The van der Waals surface area contributed by atoms with Gasteiger partial charge >= 0.3 is 0 Å². The maximum absolute atomic E-state index is 13.2. The summed E-state index contributed by atoms with van der Waals surface area (Å²) in [6.45, 7) is 3.30. The van der Waals surface area contributed by atoms with E-state index in [1.54, 1.807) is 6.20 Å². The van der Waals surface area contributed by atoms with Gasteiger partial charge in [-0.15, -0.1) is 0 Å². The number of nitrogens with one attached hydrogen (secondary N) is 1. The molecule has 0 unspecified atom stereocenters. The van der Waals surface area contributed by atoms with Crippen LogP contribution in [0.2, 0.25) is 0 Å². The first-order valence-corrected chi connectivity index (χ1v) is 10.1. The second kappa shape index (κ2) is 7.37. The van der Waals surface area contributed by atoms with E-state index < -0.39 is 0 Å². The van der Waals surface area contributed by atoms with Crippen LogP contribution >= 0.6 is 0 Å². The van der Waals surface area contributed by atoms with Gasteiger partial charge in [0.15, 0.2) is 5.69 Å². The van der Waals surface area contributed by atoms with Crippen molar-refractivity contribution in [1.29, 1.82) is 0 Å². The number of rotatable bonds is 3. The lowest BCUT2D eigenvalue weighted by molar-refractivity contribution is 0.0701. The summed E-state index contributed by atoms with van der Waals surface area (Å²) in [5.74, 6) is 1.04. The smallest absolute Gasteiger partial charge is 0.275 e. The molecule has 1 aromatic carbocycles. The fourth-order valence-electron chi connectivity index (χ4n) is 4.12. The second-order valence-corrected chi connectivity index (χ2v) is 7.79. The molecule has 8 nitrogen and oxygen atoms in total. The molecule has 0 aliphatic carbocycles. The first-order valence-electron chi connectivity index (χ1n) is 10.1. The molecule has 0 saturated carbocycles. The predicted octanol–water partition coefficient (Wildman–Crippen LogP) is 3.08. The minimum atomic E-state index is -0.0384. The van der Waals surface area contributed by atoms with Gasteiger partial charge in [0.2, 0.25) is 0 Å². The summed E-state index contributed by atoms with van der Waals surface area (Å²) >= 11 is 0. The molecule has 4 aromatic rings. The maximum Gasteiger partial charge on any atom is 0.275 e. The number of aromatic nitrogens is 6. The summed E-state index contributed by atoms with van der Waals surface area (Å²) in [6, 6.07) is 7.72. The largest absolute Gasteiger partial charge is 0.337 e. The van der Waals surface area contributed by atoms with Crippen LogP contribution in [0.4, 0.5) is 0 Å². The molecule has 8 heteroatoms. The molecule has 5 rings (SSSR count). The van der Waals surface area contributed by atoms with Crippen LogP contribution in [-0.4, -0.2) is 53.6 Å². The van der Waals surface area contributed by atoms with Crippen LogP contribution in [0.3, 0.4) is 0 Å². The van der Waals surface area contributed by atoms with Crippen LogP contribution in [0.25, 0.3) is 22.3 Å². The zero-order valence-corrected chi connectivity index (χ0v) is 17.0. The van der Waals surface area contributed by atoms with Gasteiger partial charge in [-0.25, -0.2) is 9.97 Å². The van der Waals surface area contributed by atoms with Crippen molar-refractivity contribution in [3.63, 3.8) is 0 Å². The summed E-state index contributed by atoms with van der Waals surface area (Å²) in [5, 5.41) is 8.10. The summed E-state index contributed by atoms with van der Waals surface area (Å²) in [6.07, 6.45) is 7.31. The molecule has 1 atom stereocenters. The quantitative estimate of drug-likeness (QED) is 0.569. The summed E-state index contributed by atoms with van der Waals surface area (Å²) < 4.78 is 2.01. The molecule has 1 aliphatic rings. The van der Waals surface area contributed by atoms with E-state index in [0.717, 1.165) is 53.2 Å². The molecule has 1 amide bonds. The van der Waals surface area contributed by atoms with Crippen LogP contribution in [0, 0.1) is 6.92 Å². The van der Waals surface area contributed by atoms with Crippen LogP contribution in [0.5, 0.6) is 0 Å². The molecule has 0 radical (unpaired) electrons. The number of amides is 1. The molecule has 4 heterocycles. The Hall–Kier alpha value is -3.55. The Balaban J connectivity index is 1.40. The van der Waals surface area contributed by atoms with Gasteiger partial charge in [-0.05, 0) is 25.8 Å². The fourth-order valence-corrected chi connectivity index (χ4v) is 4.12. The van der Waals surface area contributed by atoms with Crippen LogP contribution in [0.1, 0.15) is 40.8 Å². The molecule has 30 heavy (non-hydrogen) atoms. The minimum Gasteiger partial charge on any atom is -0.337 e. The normalized spacial score (nSPS) is 16.9. The van der Waals surface area contributed by atoms with E-state index >= 15 is 0 Å². The lowest BCUT2D eigenvalue weighted by atomic mass is 9.94. The average molecular weight is 401 g/mol. The van der Waals surface area contributed by atoms with Crippen molar-refractivity contribution < 1.29 is 4.79 Å². The van der Waals surface area contributed by atoms with Gasteiger partial charge in [-0.2, -0.15) is 5.10 Å². The molecule has 152 valence electrons. The highest BCUT2D eigenvalue weighted by atomic mass is 16.2. The second-order valence-electron chi connectivity index (χ2n) is 7.79. The van der Waals surface area contributed by atoms with Gasteiger partial charge in [-0.1, -0.05) is 18.2 Å². The highest BCUT2D eigenvalue weighted by molar-refractivity contribution is 6.04. The van der Waals surface area contributed by atoms with E-state index in [1.165, 1.54) is 0 Å². The number of carbonyl (C=O) groups excluding carboxylic acids is 1. The Bertz CT molecular complexity index is 1230. The average Bonchev–Trinajstić information content (AvgIpc) is 3.37. The maximum atomic E-state index is 13.2. The first kappa shape index (κ1) is 18.5. The van der Waals surface area contributed by atoms with E-state index in [0.29, 0.717) is 12.2 Å². The van der Waals surface area contributed by atoms with Crippen molar-refractivity contribution in [2.45, 2.75) is 25.7 Å². The van der Waals surface area contributed by atoms with Crippen molar-refractivity contribution >= 4 is 16.8 Å². The lowest BCUT2D eigenvalue weighted by Gasteiger charge is -2.32. The van der Waals surface area contributed by atoms with Gasteiger partial charge in [0.1, 0.15) is 11.5 Å². The Morgan fingerprint density at radius 2 is 2.07 bits per heavy atom. The standard InChI is InChI=1S/C22H23N7O/c1-14-24-12-20(28(14)2)19-11-23-10-18(25-19)15-6-5-9-29(13-15)22(30)21-16-7-3-4-8-17(16)26-27-21/h3-4,7-8,10-12,15H,5-6,9,13H2,1-2H3,(H,26,27)/t15-/m1/s1. The Kier molecular flexibility index (Phi) is 4.54. The van der Waals surface area contributed by atoms with Crippen molar-refractivity contribution in [3.05, 3.63) is 60.1 Å². The van der Waals surface area contributed by atoms with Gasteiger partial charge in [0.05, 0.1) is 29.3 Å². The molecule has 0 bridgehead atoms. The topological polar surface area (TPSA) is 92.6 Å². The number of H-pyrrole nitrogens is 1. The third-order valence-electron chi connectivity index (χ3n) is 5.94. The number of aryl methyl sites for hydroxylation is 1. The van der Waals surface area contributed by atoms with Gasteiger partial charge in [0, 0.05) is 37.6 Å². The first-order chi connectivity index (χ1) is 14.6. The van der Waals surface area contributed by atoms with E-state index in [4.69, 9.17) is 4.98 Å².